The number of rotatable bonds is 5. The van der Waals surface area contributed by atoms with Crippen LogP contribution in [0, 0.1) is 11.7 Å². The van der Waals surface area contributed by atoms with Crippen molar-refractivity contribution in [1.82, 2.24) is 9.88 Å². The summed E-state index contributed by atoms with van der Waals surface area (Å²) in [6.45, 7) is 1.47. The number of aliphatic hydroxyl groups is 1. The Morgan fingerprint density at radius 2 is 2.25 bits per heavy atom. The van der Waals surface area contributed by atoms with Crippen molar-refractivity contribution in [2.24, 2.45) is 5.92 Å². The van der Waals surface area contributed by atoms with Crippen LogP contribution in [0.4, 0.5) is 4.39 Å². The van der Waals surface area contributed by atoms with E-state index in [1.54, 1.807) is 23.1 Å². The molecule has 2 heterocycles. The molecule has 1 fully saturated rings. The highest BCUT2D eigenvalue weighted by atomic mass is 19.1. The minimum atomic E-state index is -0.361. The average Bonchev–Trinajstić information content (AvgIpc) is 3.09. The summed E-state index contributed by atoms with van der Waals surface area (Å²) in [7, 11) is 0. The van der Waals surface area contributed by atoms with Crippen molar-refractivity contribution in [2.75, 3.05) is 19.7 Å². The molecular weight excluding hydrogens is 311 g/mol. The molecule has 1 N–H and O–H groups in total. The van der Waals surface area contributed by atoms with E-state index in [9.17, 15) is 14.3 Å². The van der Waals surface area contributed by atoms with Gasteiger partial charge in [0.1, 0.15) is 5.82 Å². The molecule has 1 amide bonds. The Kier molecular flexibility index (Phi) is 5.25. The number of aromatic nitrogens is 1. The molecule has 1 saturated heterocycles. The molecule has 1 aliphatic rings. The van der Waals surface area contributed by atoms with E-state index in [1.807, 2.05) is 0 Å². The van der Waals surface area contributed by atoms with E-state index in [4.69, 9.17) is 4.42 Å². The normalized spacial score (nSPS) is 17.9. The second-order valence-corrected chi connectivity index (χ2v) is 6.13. The number of aryl methyl sites for hydroxylation is 1. The first-order valence-electron chi connectivity index (χ1n) is 8.25. The fourth-order valence-corrected chi connectivity index (χ4v) is 3.02. The summed E-state index contributed by atoms with van der Waals surface area (Å²) in [6, 6.07) is 6.35. The summed E-state index contributed by atoms with van der Waals surface area (Å²) in [6.07, 6.45) is 4.06. The lowest BCUT2D eigenvalue weighted by molar-refractivity contribution is -0.133. The average molecular weight is 332 g/mol. The number of nitrogens with zero attached hydrogens (tertiary/aromatic N) is 2. The molecule has 5 nitrogen and oxygen atoms in total. The molecule has 1 unspecified atom stereocenters. The van der Waals surface area contributed by atoms with Crippen molar-refractivity contribution in [1.29, 1.82) is 0 Å². The van der Waals surface area contributed by atoms with Crippen molar-refractivity contribution >= 4 is 5.91 Å². The molecule has 3 rings (SSSR count). The van der Waals surface area contributed by atoms with Crippen LogP contribution in [0.2, 0.25) is 0 Å². The first-order chi connectivity index (χ1) is 11.7. The number of hydrogen-bond donors (Lipinski definition) is 1. The SMILES string of the molecule is O=C(CCc1ncc(-c2ccccc2F)o1)N1CCCC(CO)C1. The van der Waals surface area contributed by atoms with Gasteiger partial charge in [0.25, 0.3) is 0 Å². The van der Waals surface area contributed by atoms with Gasteiger partial charge in [-0.15, -0.1) is 0 Å². The lowest BCUT2D eigenvalue weighted by atomic mass is 9.99. The van der Waals surface area contributed by atoms with Crippen molar-refractivity contribution in [2.45, 2.75) is 25.7 Å². The summed E-state index contributed by atoms with van der Waals surface area (Å²) in [4.78, 5) is 18.2. The van der Waals surface area contributed by atoms with Gasteiger partial charge in [-0.3, -0.25) is 4.79 Å². The highest BCUT2D eigenvalue weighted by Gasteiger charge is 2.23. The summed E-state index contributed by atoms with van der Waals surface area (Å²) < 4.78 is 19.3. The molecule has 6 heteroatoms. The predicted octanol–water partition coefficient (Wildman–Crippen LogP) is 2.64. The molecule has 24 heavy (non-hydrogen) atoms. The Hall–Kier alpha value is -2.21. The number of piperidine rings is 1. The van der Waals surface area contributed by atoms with E-state index in [2.05, 4.69) is 4.98 Å². The van der Waals surface area contributed by atoms with Crippen molar-refractivity contribution < 1.29 is 18.7 Å². The molecule has 0 saturated carbocycles. The van der Waals surface area contributed by atoms with Crippen LogP contribution in [-0.4, -0.2) is 40.6 Å². The van der Waals surface area contributed by atoms with Crippen LogP contribution in [0.1, 0.15) is 25.2 Å². The third-order valence-corrected chi connectivity index (χ3v) is 4.38. The van der Waals surface area contributed by atoms with Crippen LogP contribution in [0.5, 0.6) is 0 Å². The highest BCUT2D eigenvalue weighted by Crippen LogP contribution is 2.24. The van der Waals surface area contributed by atoms with Gasteiger partial charge in [0.2, 0.25) is 5.91 Å². The Balaban J connectivity index is 1.57. The summed E-state index contributed by atoms with van der Waals surface area (Å²) >= 11 is 0. The molecule has 0 aliphatic carbocycles. The second-order valence-electron chi connectivity index (χ2n) is 6.13. The van der Waals surface area contributed by atoms with Gasteiger partial charge in [-0.2, -0.15) is 0 Å². The Bertz CT molecular complexity index is 701. The number of halogens is 1. The molecule has 128 valence electrons. The van der Waals surface area contributed by atoms with E-state index in [-0.39, 0.29) is 24.2 Å². The van der Waals surface area contributed by atoms with Crippen molar-refractivity contribution in [3.63, 3.8) is 0 Å². The maximum atomic E-state index is 13.7. The van der Waals surface area contributed by atoms with Gasteiger partial charge in [0.15, 0.2) is 11.7 Å². The lowest BCUT2D eigenvalue weighted by Gasteiger charge is -2.31. The van der Waals surface area contributed by atoms with Crippen molar-refractivity contribution in [3.05, 3.63) is 42.2 Å². The number of amides is 1. The fraction of sp³-hybridized carbons (Fsp3) is 0.444. The molecule has 1 aromatic carbocycles. The minimum Gasteiger partial charge on any atom is -0.441 e. The van der Waals surface area contributed by atoms with Crippen LogP contribution >= 0.6 is 0 Å². The lowest BCUT2D eigenvalue weighted by Crippen LogP contribution is -2.41. The molecule has 0 radical (unpaired) electrons. The number of benzene rings is 1. The van der Waals surface area contributed by atoms with E-state index in [0.29, 0.717) is 36.6 Å². The molecule has 1 aromatic heterocycles. The number of oxazole rings is 1. The zero-order chi connectivity index (χ0) is 16.9. The van der Waals surface area contributed by atoms with E-state index >= 15 is 0 Å². The maximum absolute atomic E-state index is 13.7. The number of hydrogen-bond acceptors (Lipinski definition) is 4. The molecule has 1 atom stereocenters. The number of carbonyl (C=O) groups excluding carboxylic acids is 1. The summed E-state index contributed by atoms with van der Waals surface area (Å²) in [5.41, 5.74) is 0.365. The summed E-state index contributed by atoms with van der Waals surface area (Å²) in [5.74, 6) is 0.654. The van der Waals surface area contributed by atoms with Gasteiger partial charge >= 0.3 is 0 Å². The first-order valence-corrected chi connectivity index (χ1v) is 8.25. The van der Waals surface area contributed by atoms with Crippen LogP contribution < -0.4 is 0 Å². The number of likely N-dealkylation sites (tertiary alicyclic amines) is 1. The highest BCUT2D eigenvalue weighted by molar-refractivity contribution is 5.76. The van der Waals surface area contributed by atoms with Gasteiger partial charge in [-0.1, -0.05) is 12.1 Å². The zero-order valence-corrected chi connectivity index (χ0v) is 13.4. The molecule has 1 aliphatic heterocycles. The Morgan fingerprint density at radius 3 is 3.04 bits per heavy atom. The smallest absolute Gasteiger partial charge is 0.223 e. The third-order valence-electron chi connectivity index (χ3n) is 4.38. The van der Waals surface area contributed by atoms with Crippen LogP contribution in [0.25, 0.3) is 11.3 Å². The Labute approximate surface area is 140 Å². The van der Waals surface area contributed by atoms with Crippen molar-refractivity contribution in [3.8, 4) is 11.3 Å². The van der Waals surface area contributed by atoms with Gasteiger partial charge in [-0.05, 0) is 30.9 Å². The molecule has 0 bridgehead atoms. The van der Waals surface area contributed by atoms with Gasteiger partial charge < -0.3 is 14.4 Å². The number of carbonyl (C=O) groups is 1. The fourth-order valence-electron chi connectivity index (χ4n) is 3.02. The van der Waals surface area contributed by atoms with E-state index in [0.717, 1.165) is 19.4 Å². The standard InChI is InChI=1S/C18H21FN2O3/c19-15-6-2-1-5-14(15)16-10-20-17(24-16)7-8-18(23)21-9-3-4-13(11-21)12-22/h1-2,5-6,10,13,22H,3-4,7-9,11-12H2. The summed E-state index contributed by atoms with van der Waals surface area (Å²) in [5, 5.41) is 9.24. The molecular formula is C18H21FN2O3. The van der Waals surface area contributed by atoms with Crippen LogP contribution in [-0.2, 0) is 11.2 Å². The van der Waals surface area contributed by atoms with Gasteiger partial charge in [0.05, 0.1) is 11.8 Å². The first kappa shape index (κ1) is 16.6. The Morgan fingerprint density at radius 1 is 1.42 bits per heavy atom. The predicted molar refractivity (Wildman–Crippen MR) is 86.6 cm³/mol. The van der Waals surface area contributed by atoms with Crippen LogP contribution in [0.3, 0.4) is 0 Å². The molecule has 2 aromatic rings. The van der Waals surface area contributed by atoms with Gasteiger partial charge in [0, 0.05) is 32.5 Å². The minimum absolute atomic E-state index is 0.0405. The van der Waals surface area contributed by atoms with Crippen LogP contribution in [0.15, 0.2) is 34.9 Å². The maximum Gasteiger partial charge on any atom is 0.223 e. The van der Waals surface area contributed by atoms with E-state index < -0.39 is 0 Å². The second kappa shape index (κ2) is 7.57. The van der Waals surface area contributed by atoms with E-state index in [1.165, 1.54) is 12.3 Å². The number of aliphatic hydroxyl groups excluding tert-OH is 1. The largest absolute Gasteiger partial charge is 0.441 e. The quantitative estimate of drug-likeness (QED) is 0.914. The van der Waals surface area contributed by atoms with Gasteiger partial charge in [-0.25, -0.2) is 9.37 Å². The zero-order valence-electron chi connectivity index (χ0n) is 13.4. The third kappa shape index (κ3) is 3.82. The topological polar surface area (TPSA) is 66.6 Å². The monoisotopic (exact) mass is 332 g/mol. The molecule has 0 spiro atoms.